The highest BCUT2D eigenvalue weighted by molar-refractivity contribution is 6.08. The first-order valence-corrected chi connectivity index (χ1v) is 15.2. The molecule has 1 aromatic heterocycles. The largest absolute Gasteiger partial charge is 0.493 e. The predicted molar refractivity (Wildman–Crippen MR) is 180 cm³/mol. The number of hydrogen-bond acceptors (Lipinski definition) is 7. The number of aromatic nitrogens is 1. The van der Waals surface area contributed by atoms with E-state index in [4.69, 9.17) is 14.2 Å². The molecular formula is C38H35N3O5. The fourth-order valence-electron chi connectivity index (χ4n) is 5.51. The molecule has 0 unspecified atom stereocenters. The van der Waals surface area contributed by atoms with E-state index in [1.807, 2.05) is 54.6 Å². The number of ether oxygens (including phenoxy) is 3. The second-order valence-electron chi connectivity index (χ2n) is 11.0. The summed E-state index contributed by atoms with van der Waals surface area (Å²) < 4.78 is 16.9. The van der Waals surface area contributed by atoms with Gasteiger partial charge in [0.2, 0.25) is 0 Å². The fourth-order valence-corrected chi connectivity index (χ4v) is 5.51. The number of nitrogens with one attached hydrogen (secondary N) is 1. The van der Waals surface area contributed by atoms with Crippen molar-refractivity contribution in [1.82, 2.24) is 9.88 Å². The molecule has 46 heavy (non-hydrogen) atoms. The Balaban J connectivity index is 0.992. The third-order valence-electron chi connectivity index (χ3n) is 8.02. The van der Waals surface area contributed by atoms with Gasteiger partial charge in [-0.05, 0) is 77.7 Å². The number of methoxy groups -OCH3 is 2. The third kappa shape index (κ3) is 7.25. The first-order valence-electron chi connectivity index (χ1n) is 15.2. The van der Waals surface area contributed by atoms with Gasteiger partial charge in [-0.25, -0.2) is 4.98 Å². The summed E-state index contributed by atoms with van der Waals surface area (Å²) in [4.78, 5) is 32.6. The molecule has 1 aliphatic rings. The highest BCUT2D eigenvalue weighted by Gasteiger charge is 2.19. The fraction of sp³-hybridized carbons (Fsp3) is 0.184. The first kappa shape index (κ1) is 30.6. The molecule has 1 N–H and O–H groups in total. The number of benzene rings is 4. The average molecular weight is 614 g/mol. The maximum Gasteiger partial charge on any atom is 0.274 e. The van der Waals surface area contributed by atoms with E-state index < -0.39 is 0 Å². The summed E-state index contributed by atoms with van der Waals surface area (Å²) >= 11 is 0. The van der Waals surface area contributed by atoms with Crippen LogP contribution in [-0.2, 0) is 13.0 Å². The van der Waals surface area contributed by atoms with Gasteiger partial charge in [0.25, 0.3) is 5.91 Å². The predicted octanol–water partition coefficient (Wildman–Crippen LogP) is 6.84. The summed E-state index contributed by atoms with van der Waals surface area (Å²) in [6.07, 6.45) is 4.25. The zero-order chi connectivity index (χ0) is 31.9. The summed E-state index contributed by atoms with van der Waals surface area (Å²) in [7, 11) is 3.32. The van der Waals surface area contributed by atoms with E-state index in [-0.39, 0.29) is 11.7 Å². The molecule has 8 heteroatoms. The molecule has 0 saturated carbocycles. The Hall–Kier alpha value is -5.47. The van der Waals surface area contributed by atoms with E-state index in [1.165, 1.54) is 17.2 Å². The number of fused-ring (bicyclic) bond motifs is 2. The van der Waals surface area contributed by atoms with Crippen LogP contribution in [0.25, 0.3) is 17.0 Å². The Labute approximate surface area is 268 Å². The van der Waals surface area contributed by atoms with Gasteiger partial charge < -0.3 is 19.5 Å². The molecule has 5 aromatic rings. The van der Waals surface area contributed by atoms with Crippen LogP contribution in [0.1, 0.15) is 37.5 Å². The van der Waals surface area contributed by atoms with Gasteiger partial charge in [0, 0.05) is 36.3 Å². The molecule has 0 radical (unpaired) electrons. The van der Waals surface area contributed by atoms with Crippen LogP contribution in [0.4, 0.5) is 5.69 Å². The number of anilines is 1. The summed E-state index contributed by atoms with van der Waals surface area (Å²) in [5.41, 5.74) is 5.48. The van der Waals surface area contributed by atoms with E-state index in [2.05, 4.69) is 27.3 Å². The normalized spacial score (nSPS) is 12.9. The number of pyridine rings is 1. The lowest BCUT2D eigenvalue weighted by Gasteiger charge is -2.29. The Morgan fingerprint density at radius 3 is 2.46 bits per heavy atom. The van der Waals surface area contributed by atoms with Crippen LogP contribution in [0.2, 0.25) is 0 Å². The van der Waals surface area contributed by atoms with Crippen molar-refractivity contribution in [3.63, 3.8) is 0 Å². The molecule has 1 aliphatic heterocycles. The van der Waals surface area contributed by atoms with Gasteiger partial charge >= 0.3 is 0 Å². The van der Waals surface area contributed by atoms with Crippen molar-refractivity contribution < 1.29 is 23.8 Å². The number of para-hydroxylation sites is 1. The minimum Gasteiger partial charge on any atom is -0.493 e. The van der Waals surface area contributed by atoms with Gasteiger partial charge in [-0.3, -0.25) is 14.5 Å². The van der Waals surface area contributed by atoms with Gasteiger partial charge in [0.05, 0.1) is 19.7 Å². The average Bonchev–Trinajstić information content (AvgIpc) is 3.10. The minimum absolute atomic E-state index is 0.167. The number of ketones is 1. The van der Waals surface area contributed by atoms with E-state index >= 15 is 0 Å². The second kappa shape index (κ2) is 14.1. The van der Waals surface area contributed by atoms with E-state index in [0.717, 1.165) is 59.8 Å². The van der Waals surface area contributed by atoms with E-state index in [9.17, 15) is 9.59 Å². The zero-order valence-corrected chi connectivity index (χ0v) is 25.9. The lowest BCUT2D eigenvalue weighted by Crippen LogP contribution is -2.33. The van der Waals surface area contributed by atoms with Gasteiger partial charge in [-0.15, -0.1) is 0 Å². The van der Waals surface area contributed by atoms with Crippen molar-refractivity contribution in [2.45, 2.75) is 13.0 Å². The number of nitrogens with zero attached hydrogens (tertiary/aromatic N) is 2. The van der Waals surface area contributed by atoms with Crippen molar-refractivity contribution in [2.24, 2.45) is 0 Å². The molecule has 232 valence electrons. The molecule has 4 aromatic carbocycles. The van der Waals surface area contributed by atoms with Crippen molar-refractivity contribution in [1.29, 1.82) is 0 Å². The lowest BCUT2D eigenvalue weighted by molar-refractivity contribution is 0.101. The quantitative estimate of drug-likeness (QED) is 0.129. The van der Waals surface area contributed by atoms with E-state index in [0.29, 0.717) is 23.6 Å². The van der Waals surface area contributed by atoms with Crippen molar-refractivity contribution in [3.8, 4) is 17.2 Å². The van der Waals surface area contributed by atoms with Crippen LogP contribution in [-0.4, -0.2) is 55.5 Å². The summed E-state index contributed by atoms with van der Waals surface area (Å²) in [6.45, 7) is 3.18. The number of carbonyl (C=O) groups excluding carboxylic acids is 2. The standard InChI is InChI=1S/C38H35N3O5/c1-44-36-23-28-18-19-41(25-30(28)24-37(36)45-2)20-21-46-32-14-10-26(11-15-32)12-17-35(42)29-7-5-8-31(22-29)39-38(43)34-16-13-27-6-3-4-9-33(27)40-34/h3-17,22-24H,18-21,25H2,1-2H3,(H,39,43)/b17-12+. The van der Waals surface area contributed by atoms with Crippen LogP contribution in [0.15, 0.2) is 103 Å². The van der Waals surface area contributed by atoms with Crippen LogP contribution in [0.3, 0.4) is 0 Å². The highest BCUT2D eigenvalue weighted by Crippen LogP contribution is 2.33. The van der Waals surface area contributed by atoms with Crippen LogP contribution < -0.4 is 19.5 Å². The molecule has 1 amide bonds. The van der Waals surface area contributed by atoms with Crippen LogP contribution >= 0.6 is 0 Å². The molecule has 0 aliphatic carbocycles. The zero-order valence-electron chi connectivity index (χ0n) is 25.9. The maximum absolute atomic E-state index is 12.9. The smallest absolute Gasteiger partial charge is 0.274 e. The Kier molecular flexibility index (Phi) is 9.36. The van der Waals surface area contributed by atoms with Crippen LogP contribution in [0, 0.1) is 0 Å². The van der Waals surface area contributed by atoms with Crippen molar-refractivity contribution >= 4 is 34.4 Å². The molecule has 6 rings (SSSR count). The lowest BCUT2D eigenvalue weighted by atomic mass is 9.99. The SMILES string of the molecule is COc1cc2c(cc1OC)CN(CCOc1ccc(/C=C/C(=O)c3cccc(NC(=O)c4ccc5ccccc5n4)c3)cc1)CC2. The monoisotopic (exact) mass is 613 g/mol. The van der Waals surface area contributed by atoms with Crippen molar-refractivity contribution in [2.75, 3.05) is 39.2 Å². The Morgan fingerprint density at radius 1 is 0.870 bits per heavy atom. The number of amides is 1. The molecular weight excluding hydrogens is 578 g/mol. The number of carbonyl (C=O) groups is 2. The third-order valence-corrected chi connectivity index (χ3v) is 8.02. The molecule has 2 heterocycles. The number of allylic oxidation sites excluding steroid dienone is 1. The second-order valence-corrected chi connectivity index (χ2v) is 11.0. The molecule has 0 atom stereocenters. The maximum atomic E-state index is 12.9. The van der Waals surface area contributed by atoms with Gasteiger partial charge in [0.1, 0.15) is 18.1 Å². The Bertz CT molecular complexity index is 1900. The number of rotatable bonds is 11. The topological polar surface area (TPSA) is 90.0 Å². The molecule has 0 fully saturated rings. The van der Waals surface area contributed by atoms with Gasteiger partial charge in [-0.1, -0.05) is 54.6 Å². The molecule has 0 spiro atoms. The van der Waals surface area contributed by atoms with Crippen LogP contribution in [0.5, 0.6) is 17.2 Å². The van der Waals surface area contributed by atoms with E-state index in [1.54, 1.807) is 50.6 Å². The number of hydrogen-bond donors (Lipinski definition) is 1. The van der Waals surface area contributed by atoms with Gasteiger partial charge in [-0.2, -0.15) is 0 Å². The molecule has 8 nitrogen and oxygen atoms in total. The summed E-state index contributed by atoms with van der Waals surface area (Å²) in [5.74, 6) is 1.79. The Morgan fingerprint density at radius 2 is 1.65 bits per heavy atom. The molecule has 0 saturated heterocycles. The highest BCUT2D eigenvalue weighted by atomic mass is 16.5. The van der Waals surface area contributed by atoms with Crippen molar-refractivity contribution in [3.05, 3.63) is 131 Å². The first-order chi connectivity index (χ1) is 22.5. The summed E-state index contributed by atoms with van der Waals surface area (Å²) in [6, 6.07) is 29.9. The molecule has 0 bridgehead atoms. The minimum atomic E-state index is -0.337. The van der Waals surface area contributed by atoms with Gasteiger partial charge in [0.15, 0.2) is 17.3 Å². The summed E-state index contributed by atoms with van der Waals surface area (Å²) in [5, 5.41) is 3.81.